The van der Waals surface area contributed by atoms with Crippen LogP contribution in [0.25, 0.3) is 0 Å². The molecule has 1 saturated heterocycles. The Morgan fingerprint density at radius 3 is 1.18 bits per heavy atom. The lowest BCUT2D eigenvalue weighted by molar-refractivity contribution is -0.290. The Kier molecular flexibility index (Phi) is 34.7. The van der Waals surface area contributed by atoms with Crippen molar-refractivity contribution in [1.82, 2.24) is 9.80 Å². The van der Waals surface area contributed by atoms with Crippen molar-refractivity contribution in [3.63, 3.8) is 0 Å². The van der Waals surface area contributed by atoms with Crippen LogP contribution in [0.15, 0.2) is 0 Å². The maximum atomic E-state index is 12.1. The van der Waals surface area contributed by atoms with Gasteiger partial charge in [-0.3, -0.25) is 9.59 Å². The first-order chi connectivity index (χ1) is 27.3. The highest BCUT2D eigenvalue weighted by Crippen LogP contribution is 2.32. The Morgan fingerprint density at radius 2 is 0.804 bits per heavy atom. The third-order valence-corrected chi connectivity index (χ3v) is 11.8. The summed E-state index contributed by atoms with van der Waals surface area (Å²) in [5, 5.41) is 0. The molecular formula is C48H94N2O6. The van der Waals surface area contributed by atoms with Crippen LogP contribution >= 0.6 is 0 Å². The van der Waals surface area contributed by atoms with E-state index in [9.17, 15) is 9.59 Å². The van der Waals surface area contributed by atoms with Crippen molar-refractivity contribution in [2.75, 3.05) is 45.9 Å². The number of hydrogen-bond acceptors (Lipinski definition) is 8. The van der Waals surface area contributed by atoms with Crippen LogP contribution < -0.4 is 0 Å². The van der Waals surface area contributed by atoms with Gasteiger partial charge in [0.05, 0.1) is 12.7 Å². The number of ether oxygens (including phenoxy) is 4. The van der Waals surface area contributed by atoms with Gasteiger partial charge >= 0.3 is 11.9 Å². The van der Waals surface area contributed by atoms with E-state index in [2.05, 4.69) is 37.5 Å². The Labute approximate surface area is 347 Å². The SMILES string of the molecule is CCCCCCCCCCN(CCCCCCCCCC)CCCN(CCCCCCCCCC)CCCOC1OC(CC)C(C)C(OC(C)=O)C1OC(C)=O. The lowest BCUT2D eigenvalue weighted by Gasteiger charge is -2.44. The molecular weight excluding hydrogens is 701 g/mol. The van der Waals surface area contributed by atoms with Gasteiger partial charge in [-0.05, 0) is 71.2 Å². The molecule has 1 heterocycles. The van der Waals surface area contributed by atoms with Crippen molar-refractivity contribution < 1.29 is 28.5 Å². The smallest absolute Gasteiger partial charge is 0.303 e. The van der Waals surface area contributed by atoms with E-state index in [0.717, 1.165) is 32.5 Å². The fraction of sp³-hybridized carbons (Fsp3) is 0.958. The maximum Gasteiger partial charge on any atom is 0.303 e. The molecule has 0 aromatic carbocycles. The van der Waals surface area contributed by atoms with Gasteiger partial charge < -0.3 is 28.7 Å². The van der Waals surface area contributed by atoms with Gasteiger partial charge in [0.15, 0.2) is 12.4 Å². The molecule has 0 amide bonds. The molecule has 0 spiro atoms. The highest BCUT2D eigenvalue weighted by Gasteiger charge is 2.47. The molecule has 332 valence electrons. The fourth-order valence-corrected chi connectivity index (χ4v) is 8.41. The molecule has 0 aromatic heterocycles. The molecule has 8 heteroatoms. The highest BCUT2D eigenvalue weighted by atomic mass is 16.7. The standard InChI is InChI=1S/C48H94N2O6/c1-8-12-15-18-21-24-27-30-35-49(36-31-28-25-22-19-16-13-9-2)38-33-39-50(37-32-29-26-23-20-17-14-10-3)40-34-41-53-48-47(55-44(7)52)46(54-43(6)51)42(5)45(11-4)56-48/h42,45-48H,8-41H2,1-7H3. The third kappa shape index (κ3) is 27.5. The average molecular weight is 795 g/mol. The van der Waals surface area contributed by atoms with Crippen molar-refractivity contribution in [3.05, 3.63) is 0 Å². The van der Waals surface area contributed by atoms with Crippen LogP contribution in [-0.4, -0.2) is 92.2 Å². The Bertz CT molecular complexity index is 885. The molecule has 0 radical (unpaired) electrons. The van der Waals surface area contributed by atoms with Crippen LogP contribution in [0.3, 0.4) is 0 Å². The number of rotatable bonds is 39. The maximum absolute atomic E-state index is 12.1. The van der Waals surface area contributed by atoms with Gasteiger partial charge in [0, 0.05) is 26.3 Å². The number of nitrogens with zero attached hydrogens (tertiary/aromatic N) is 2. The van der Waals surface area contributed by atoms with Gasteiger partial charge in [-0.25, -0.2) is 0 Å². The van der Waals surface area contributed by atoms with E-state index in [1.165, 1.54) is 194 Å². The molecule has 0 bridgehead atoms. The third-order valence-electron chi connectivity index (χ3n) is 11.8. The molecule has 1 aliphatic heterocycles. The van der Waals surface area contributed by atoms with E-state index in [1.807, 2.05) is 6.92 Å². The number of hydrogen-bond donors (Lipinski definition) is 0. The van der Waals surface area contributed by atoms with Crippen molar-refractivity contribution in [2.24, 2.45) is 5.92 Å². The molecule has 0 N–H and O–H groups in total. The summed E-state index contributed by atoms with van der Waals surface area (Å²) in [7, 11) is 0. The van der Waals surface area contributed by atoms with Gasteiger partial charge in [-0.2, -0.15) is 0 Å². The summed E-state index contributed by atoms with van der Waals surface area (Å²) in [6.07, 6.45) is 33.2. The van der Waals surface area contributed by atoms with E-state index in [0.29, 0.717) is 6.61 Å². The molecule has 5 atom stereocenters. The van der Waals surface area contributed by atoms with E-state index in [1.54, 1.807) is 0 Å². The van der Waals surface area contributed by atoms with E-state index >= 15 is 0 Å². The van der Waals surface area contributed by atoms with Crippen molar-refractivity contribution >= 4 is 11.9 Å². The largest absolute Gasteiger partial charge is 0.458 e. The molecule has 0 aromatic rings. The Hall–Kier alpha value is -1.22. The normalized spacial score (nSPS) is 19.9. The van der Waals surface area contributed by atoms with Crippen LogP contribution in [0.4, 0.5) is 0 Å². The summed E-state index contributed by atoms with van der Waals surface area (Å²) in [6, 6.07) is 0. The lowest BCUT2D eigenvalue weighted by atomic mass is 9.89. The summed E-state index contributed by atoms with van der Waals surface area (Å²) in [5.74, 6) is -0.928. The summed E-state index contributed by atoms with van der Waals surface area (Å²) >= 11 is 0. The zero-order valence-electron chi connectivity index (χ0n) is 38.3. The zero-order chi connectivity index (χ0) is 41.1. The summed E-state index contributed by atoms with van der Waals surface area (Å²) < 4.78 is 24.0. The quantitative estimate of drug-likeness (QED) is 0.0450. The minimum Gasteiger partial charge on any atom is -0.458 e. The van der Waals surface area contributed by atoms with Gasteiger partial charge in [0.2, 0.25) is 0 Å². The molecule has 1 rings (SSSR count). The van der Waals surface area contributed by atoms with Gasteiger partial charge in [-0.15, -0.1) is 0 Å². The zero-order valence-corrected chi connectivity index (χ0v) is 38.3. The van der Waals surface area contributed by atoms with Crippen molar-refractivity contribution in [3.8, 4) is 0 Å². The van der Waals surface area contributed by atoms with E-state index < -0.39 is 24.5 Å². The predicted molar refractivity (Wildman–Crippen MR) is 235 cm³/mol. The van der Waals surface area contributed by atoms with Crippen LogP contribution in [0.1, 0.15) is 222 Å². The predicted octanol–water partition coefficient (Wildman–Crippen LogP) is 12.4. The summed E-state index contributed by atoms with van der Waals surface area (Å²) in [5.41, 5.74) is 0. The number of esters is 2. The Balaban J connectivity index is 2.77. The second kappa shape index (κ2) is 36.8. The van der Waals surface area contributed by atoms with Crippen LogP contribution in [-0.2, 0) is 28.5 Å². The molecule has 1 fully saturated rings. The van der Waals surface area contributed by atoms with Gasteiger partial charge in [0.1, 0.15) is 6.10 Å². The number of carbonyl (C=O) groups excluding carboxylic acids is 2. The van der Waals surface area contributed by atoms with Gasteiger partial charge in [0.25, 0.3) is 0 Å². The second-order valence-corrected chi connectivity index (χ2v) is 17.1. The first-order valence-corrected chi connectivity index (χ1v) is 24.3. The fourth-order valence-electron chi connectivity index (χ4n) is 8.41. The van der Waals surface area contributed by atoms with E-state index in [-0.39, 0.29) is 18.0 Å². The van der Waals surface area contributed by atoms with Gasteiger partial charge in [-0.1, -0.05) is 169 Å². The molecule has 1 aliphatic rings. The topological polar surface area (TPSA) is 77.5 Å². The number of unbranched alkanes of at least 4 members (excludes halogenated alkanes) is 21. The molecule has 8 nitrogen and oxygen atoms in total. The Morgan fingerprint density at radius 1 is 0.464 bits per heavy atom. The molecule has 56 heavy (non-hydrogen) atoms. The minimum atomic E-state index is -0.782. The van der Waals surface area contributed by atoms with E-state index in [4.69, 9.17) is 18.9 Å². The van der Waals surface area contributed by atoms with Crippen molar-refractivity contribution in [2.45, 2.75) is 246 Å². The molecule has 0 aliphatic carbocycles. The second-order valence-electron chi connectivity index (χ2n) is 17.1. The summed E-state index contributed by atoms with van der Waals surface area (Å²) in [6.45, 7) is 21.1. The van der Waals surface area contributed by atoms with Crippen LogP contribution in [0, 0.1) is 5.92 Å². The molecule has 0 saturated carbocycles. The average Bonchev–Trinajstić information content (AvgIpc) is 3.17. The van der Waals surface area contributed by atoms with Crippen LogP contribution in [0.5, 0.6) is 0 Å². The molecule has 5 unspecified atom stereocenters. The number of carbonyl (C=O) groups is 2. The monoisotopic (exact) mass is 795 g/mol. The lowest BCUT2D eigenvalue weighted by Crippen LogP contribution is -2.57. The summed E-state index contributed by atoms with van der Waals surface area (Å²) in [4.78, 5) is 29.6. The van der Waals surface area contributed by atoms with Crippen molar-refractivity contribution in [1.29, 1.82) is 0 Å². The first-order valence-electron chi connectivity index (χ1n) is 24.3. The minimum absolute atomic E-state index is 0.110. The highest BCUT2D eigenvalue weighted by molar-refractivity contribution is 5.67. The van der Waals surface area contributed by atoms with Crippen LogP contribution in [0.2, 0.25) is 0 Å². The first kappa shape index (κ1) is 52.8.